The monoisotopic (exact) mass is 466 g/mol. The normalized spacial score (nSPS) is 24.6. The Morgan fingerprint density at radius 3 is 2.04 bits per heavy atom. The molecule has 9 heteroatoms. The maximum atomic E-state index is 5.94. The first kappa shape index (κ1) is 22.5. The lowest BCUT2D eigenvalue weighted by atomic mass is 9.97. The van der Waals surface area contributed by atoms with Gasteiger partial charge in [0.15, 0.2) is 0 Å². The molecule has 152 valence electrons. The summed E-state index contributed by atoms with van der Waals surface area (Å²) in [7, 11) is -0.862. The summed E-state index contributed by atoms with van der Waals surface area (Å²) in [5.74, 6) is 1.68. The highest BCUT2D eigenvalue weighted by Crippen LogP contribution is 2.65. The highest BCUT2D eigenvalue weighted by atomic mass is 32.9. The van der Waals surface area contributed by atoms with Crippen LogP contribution in [0.15, 0.2) is 24.3 Å². The summed E-state index contributed by atoms with van der Waals surface area (Å²) in [6.45, 7) is 11.5. The molecule has 0 N–H and O–H groups in total. The second-order valence-electron chi connectivity index (χ2n) is 8.41. The molecular formula is C18H28O4P2S3. The molecule has 0 saturated carbocycles. The van der Waals surface area contributed by atoms with E-state index in [1.807, 2.05) is 0 Å². The average Bonchev–Trinajstić information content (AvgIpc) is 2.63. The van der Waals surface area contributed by atoms with E-state index < -0.39 is 13.3 Å². The lowest BCUT2D eigenvalue weighted by Crippen LogP contribution is -2.28. The minimum absolute atomic E-state index is 0.0497. The summed E-state index contributed by atoms with van der Waals surface area (Å²) >= 11 is 9.08. The molecule has 0 unspecified atom stereocenters. The van der Waals surface area contributed by atoms with Crippen LogP contribution in [0.1, 0.15) is 38.8 Å². The zero-order valence-corrected chi connectivity index (χ0v) is 20.5. The van der Waals surface area contributed by atoms with Crippen LogP contribution in [0.3, 0.4) is 0 Å². The second-order valence-corrected chi connectivity index (χ2v) is 17.9. The van der Waals surface area contributed by atoms with Crippen molar-refractivity contribution in [3.05, 3.63) is 35.4 Å². The van der Waals surface area contributed by atoms with E-state index in [4.69, 9.17) is 29.9 Å². The Labute approximate surface area is 177 Å². The van der Waals surface area contributed by atoms with E-state index >= 15 is 0 Å². The Morgan fingerprint density at radius 1 is 0.926 bits per heavy atom. The zero-order chi connectivity index (χ0) is 19.5. The Kier molecular flexibility index (Phi) is 7.78. The van der Waals surface area contributed by atoms with Gasteiger partial charge in [0.25, 0.3) is 0 Å². The summed E-state index contributed by atoms with van der Waals surface area (Å²) in [6.07, 6.45) is 0. The maximum Gasteiger partial charge on any atom is 0.247 e. The summed E-state index contributed by atoms with van der Waals surface area (Å²) in [5, 5.41) is 0. The first-order valence-electron chi connectivity index (χ1n) is 8.96. The van der Waals surface area contributed by atoms with E-state index in [9.17, 15) is 0 Å². The van der Waals surface area contributed by atoms with Gasteiger partial charge >= 0.3 is 0 Å². The third-order valence-corrected chi connectivity index (χ3v) is 12.3. The van der Waals surface area contributed by atoms with Crippen LogP contribution in [0.25, 0.3) is 0 Å². The molecule has 3 rings (SSSR count). The molecule has 0 bridgehead atoms. The standard InChI is InChI=1S/C18H28O4P2S3/c1-17(2)11-19-23(20-12-17)26-9-15-7-5-6-8-16(15)10-27-24(25)21-13-18(3,4)14-22-24/h5-8H,9-14H2,1-4H3. The molecule has 1 aromatic rings. The lowest BCUT2D eigenvalue weighted by Gasteiger charge is -2.35. The molecule has 2 aliphatic rings. The molecule has 0 radical (unpaired) electrons. The van der Waals surface area contributed by atoms with Crippen molar-refractivity contribution in [2.45, 2.75) is 39.2 Å². The van der Waals surface area contributed by atoms with E-state index in [1.165, 1.54) is 11.1 Å². The van der Waals surface area contributed by atoms with Gasteiger partial charge in [-0.1, -0.05) is 74.7 Å². The minimum Gasteiger partial charge on any atom is -0.325 e. The fraction of sp³-hybridized carbons (Fsp3) is 0.667. The fourth-order valence-corrected chi connectivity index (χ4v) is 9.80. The number of benzene rings is 1. The maximum absolute atomic E-state index is 5.94. The third-order valence-electron chi connectivity index (χ3n) is 4.17. The van der Waals surface area contributed by atoms with Crippen molar-refractivity contribution in [2.75, 3.05) is 26.4 Å². The Hall–Kier alpha value is 0.840. The minimum atomic E-state index is -2.24. The van der Waals surface area contributed by atoms with Crippen molar-refractivity contribution in [1.29, 1.82) is 0 Å². The van der Waals surface area contributed by atoms with Crippen LogP contribution in [0.5, 0.6) is 0 Å². The van der Waals surface area contributed by atoms with Crippen LogP contribution < -0.4 is 0 Å². The van der Waals surface area contributed by atoms with Gasteiger partial charge in [-0.2, -0.15) is 0 Å². The van der Waals surface area contributed by atoms with Gasteiger partial charge in [0.2, 0.25) is 13.3 Å². The first-order valence-corrected chi connectivity index (χ1v) is 16.0. The second kappa shape index (κ2) is 9.32. The molecule has 2 saturated heterocycles. The van der Waals surface area contributed by atoms with Gasteiger partial charge < -0.3 is 18.1 Å². The van der Waals surface area contributed by atoms with Crippen LogP contribution in [0.2, 0.25) is 0 Å². The van der Waals surface area contributed by atoms with Gasteiger partial charge in [0.05, 0.1) is 26.4 Å². The summed E-state index contributed by atoms with van der Waals surface area (Å²) < 4.78 is 23.7. The third kappa shape index (κ3) is 6.94. The molecule has 0 spiro atoms. The van der Waals surface area contributed by atoms with Crippen LogP contribution in [0.4, 0.5) is 0 Å². The molecule has 2 fully saturated rings. The largest absolute Gasteiger partial charge is 0.325 e. The van der Waals surface area contributed by atoms with Crippen LogP contribution in [-0.4, -0.2) is 26.4 Å². The lowest BCUT2D eigenvalue weighted by molar-refractivity contribution is 0.0672. The predicted molar refractivity (Wildman–Crippen MR) is 122 cm³/mol. The molecule has 4 nitrogen and oxygen atoms in total. The van der Waals surface area contributed by atoms with Gasteiger partial charge in [0, 0.05) is 22.3 Å². The molecule has 2 aliphatic heterocycles. The van der Waals surface area contributed by atoms with Crippen LogP contribution >= 0.6 is 36.0 Å². The van der Waals surface area contributed by atoms with Crippen molar-refractivity contribution in [1.82, 2.24) is 0 Å². The van der Waals surface area contributed by atoms with Crippen molar-refractivity contribution in [2.24, 2.45) is 10.8 Å². The van der Waals surface area contributed by atoms with E-state index in [0.717, 1.165) is 24.7 Å². The molecule has 27 heavy (non-hydrogen) atoms. The molecule has 0 aromatic heterocycles. The van der Waals surface area contributed by atoms with Crippen molar-refractivity contribution in [3.63, 3.8) is 0 Å². The van der Waals surface area contributed by atoms with Crippen molar-refractivity contribution >= 4 is 47.8 Å². The summed E-state index contributed by atoms with van der Waals surface area (Å²) in [6, 6.07) is 8.49. The van der Waals surface area contributed by atoms with Gasteiger partial charge in [-0.25, -0.2) is 0 Å². The zero-order valence-electron chi connectivity index (χ0n) is 16.3. The predicted octanol–water partition coefficient (Wildman–Crippen LogP) is 6.75. The summed E-state index contributed by atoms with van der Waals surface area (Å²) in [4.78, 5) is 0. The highest BCUT2D eigenvalue weighted by Gasteiger charge is 2.34. The number of hydrogen-bond donors (Lipinski definition) is 0. The van der Waals surface area contributed by atoms with Crippen LogP contribution in [0, 0.1) is 10.8 Å². The van der Waals surface area contributed by atoms with E-state index in [-0.39, 0.29) is 10.8 Å². The SMILES string of the molecule is CC1(C)COP(SCc2ccccc2CSP2(=S)OCC(C)(C)CO2)OC1. The fourth-order valence-electron chi connectivity index (χ4n) is 2.38. The molecule has 0 amide bonds. The smallest absolute Gasteiger partial charge is 0.247 e. The van der Waals surface area contributed by atoms with E-state index in [1.54, 1.807) is 22.8 Å². The van der Waals surface area contributed by atoms with Gasteiger partial charge in [-0.05, 0) is 22.9 Å². The molecule has 1 aromatic carbocycles. The Morgan fingerprint density at radius 2 is 1.44 bits per heavy atom. The molecular weight excluding hydrogens is 438 g/mol. The molecule has 0 aliphatic carbocycles. The molecule has 0 atom stereocenters. The van der Waals surface area contributed by atoms with Crippen LogP contribution in [-0.2, 0) is 41.4 Å². The van der Waals surface area contributed by atoms with Gasteiger partial charge in [-0.3, -0.25) is 0 Å². The Balaban J connectivity index is 1.53. The summed E-state index contributed by atoms with van der Waals surface area (Å²) in [5.41, 5.74) is 0.505. The van der Waals surface area contributed by atoms with E-state index in [2.05, 4.69) is 52.0 Å². The van der Waals surface area contributed by atoms with Gasteiger partial charge in [0.1, 0.15) is 0 Å². The van der Waals surface area contributed by atoms with E-state index in [0.29, 0.717) is 13.2 Å². The van der Waals surface area contributed by atoms with Gasteiger partial charge in [-0.15, -0.1) is 0 Å². The topological polar surface area (TPSA) is 36.9 Å². The first-order chi connectivity index (χ1) is 12.7. The van der Waals surface area contributed by atoms with Crippen molar-refractivity contribution in [3.8, 4) is 0 Å². The number of hydrogen-bond acceptors (Lipinski definition) is 7. The Bertz CT molecular complexity index is 675. The number of rotatable bonds is 6. The highest BCUT2D eigenvalue weighted by molar-refractivity contribution is 8.67. The average molecular weight is 467 g/mol. The van der Waals surface area contributed by atoms with Crippen molar-refractivity contribution < 1.29 is 18.1 Å². The quantitative estimate of drug-likeness (QED) is 0.429. The molecule has 2 heterocycles.